The summed E-state index contributed by atoms with van der Waals surface area (Å²) in [4.78, 5) is 15.4. The van der Waals surface area contributed by atoms with Crippen LogP contribution >= 0.6 is 11.6 Å². The van der Waals surface area contributed by atoms with Crippen molar-refractivity contribution in [3.63, 3.8) is 0 Å². The van der Waals surface area contributed by atoms with E-state index in [9.17, 15) is 14.3 Å². The van der Waals surface area contributed by atoms with Gasteiger partial charge in [-0.2, -0.15) is 4.98 Å². The van der Waals surface area contributed by atoms with Crippen LogP contribution in [0.15, 0.2) is 28.4 Å². The molecule has 1 aliphatic heterocycles. The highest BCUT2D eigenvalue weighted by molar-refractivity contribution is 6.27. The predicted octanol–water partition coefficient (Wildman–Crippen LogP) is 0.139. The zero-order chi connectivity index (χ0) is 15.6. The number of hydrogen-bond donors (Lipinski definition) is 3. The van der Waals surface area contributed by atoms with E-state index in [1.54, 1.807) is 0 Å². The summed E-state index contributed by atoms with van der Waals surface area (Å²) >= 11 is 5.46. The van der Waals surface area contributed by atoms with E-state index in [0.29, 0.717) is 5.56 Å². The molecule has 3 atom stereocenters. The number of aliphatic hydroxyl groups excluding tert-OH is 2. The highest BCUT2D eigenvalue weighted by Gasteiger charge is 2.40. The number of nitrogens with zero attached hydrogens (tertiary/aromatic N) is 2. The molecule has 0 aliphatic carbocycles. The third-order valence-corrected chi connectivity index (χ3v) is 3.23. The van der Waals surface area contributed by atoms with Crippen LogP contribution in [-0.2, 0) is 4.74 Å². The summed E-state index contributed by atoms with van der Waals surface area (Å²) in [5.74, 6) is -0.0411. The van der Waals surface area contributed by atoms with Crippen LogP contribution in [0.2, 0.25) is 0 Å². The smallest absolute Gasteiger partial charge is 0.351 e. The summed E-state index contributed by atoms with van der Waals surface area (Å²) in [6.45, 7) is -0.533. The Hall–Kier alpha value is -1.74. The molecule has 0 spiro atoms. The van der Waals surface area contributed by atoms with Gasteiger partial charge in [-0.05, 0) is 6.08 Å². The van der Waals surface area contributed by atoms with E-state index in [2.05, 4.69) is 4.98 Å². The van der Waals surface area contributed by atoms with E-state index >= 15 is 0 Å². The minimum Gasteiger partial charge on any atom is -0.393 e. The number of aromatic nitrogens is 2. The Morgan fingerprint density at radius 2 is 2.33 bits per heavy atom. The van der Waals surface area contributed by atoms with Gasteiger partial charge in [0, 0.05) is 22.9 Å². The lowest BCUT2D eigenvalue weighted by Gasteiger charge is -2.17. The molecule has 2 heterocycles. The fourth-order valence-electron chi connectivity index (χ4n) is 2.05. The van der Waals surface area contributed by atoms with Gasteiger partial charge >= 0.3 is 5.69 Å². The zero-order valence-electron chi connectivity index (χ0n) is 10.7. The van der Waals surface area contributed by atoms with Gasteiger partial charge in [-0.1, -0.05) is 11.6 Å². The molecule has 0 saturated carbocycles. The van der Waals surface area contributed by atoms with Crippen molar-refractivity contribution in [3.8, 4) is 0 Å². The maximum Gasteiger partial charge on any atom is 0.351 e. The van der Waals surface area contributed by atoms with Crippen LogP contribution in [0.3, 0.4) is 0 Å². The summed E-state index contributed by atoms with van der Waals surface area (Å²) in [6, 6.07) is 0. The first kappa shape index (κ1) is 15.6. The minimum atomic E-state index is -1.43. The van der Waals surface area contributed by atoms with Crippen LogP contribution in [0.4, 0.5) is 10.2 Å². The summed E-state index contributed by atoms with van der Waals surface area (Å²) in [5.41, 5.74) is 6.15. The van der Waals surface area contributed by atoms with Crippen molar-refractivity contribution in [1.82, 2.24) is 9.55 Å². The van der Waals surface area contributed by atoms with Gasteiger partial charge in [0.15, 0.2) is 6.23 Å². The van der Waals surface area contributed by atoms with Gasteiger partial charge in [-0.25, -0.2) is 9.18 Å². The molecule has 114 valence electrons. The Kier molecular flexibility index (Phi) is 4.73. The number of nitrogens with two attached hydrogens (primary N) is 1. The number of halogens is 2. The Labute approximate surface area is 123 Å². The Balaban J connectivity index is 2.47. The SMILES string of the molecule is Nc1nc(=O)n(C2OC(CO)C(=CF)C2O)cc1C=CCl. The first-order valence-corrected chi connectivity index (χ1v) is 6.37. The van der Waals surface area contributed by atoms with E-state index in [1.807, 2.05) is 0 Å². The highest BCUT2D eigenvalue weighted by Crippen LogP contribution is 2.33. The van der Waals surface area contributed by atoms with Crippen molar-refractivity contribution in [3.05, 3.63) is 39.7 Å². The van der Waals surface area contributed by atoms with Gasteiger partial charge in [0.1, 0.15) is 18.0 Å². The van der Waals surface area contributed by atoms with Crippen molar-refractivity contribution in [2.45, 2.75) is 18.4 Å². The normalized spacial score (nSPS) is 27.8. The van der Waals surface area contributed by atoms with Crippen LogP contribution in [0.25, 0.3) is 6.08 Å². The number of anilines is 1. The van der Waals surface area contributed by atoms with Crippen LogP contribution < -0.4 is 11.4 Å². The topological polar surface area (TPSA) is 111 Å². The molecule has 4 N–H and O–H groups in total. The van der Waals surface area contributed by atoms with Crippen LogP contribution in [0, 0.1) is 0 Å². The number of nitrogen functional groups attached to an aromatic ring is 1. The number of aliphatic hydroxyl groups is 2. The predicted molar refractivity (Wildman–Crippen MR) is 74.0 cm³/mol. The molecule has 7 nitrogen and oxygen atoms in total. The Bertz CT molecular complexity index is 646. The molecule has 9 heteroatoms. The summed E-state index contributed by atoms with van der Waals surface area (Å²) in [7, 11) is 0. The highest BCUT2D eigenvalue weighted by atomic mass is 35.5. The van der Waals surface area contributed by atoms with Crippen molar-refractivity contribution < 1.29 is 19.3 Å². The van der Waals surface area contributed by atoms with Crippen molar-refractivity contribution >= 4 is 23.5 Å². The van der Waals surface area contributed by atoms with Gasteiger partial charge in [0.05, 0.1) is 12.9 Å². The molecule has 3 unspecified atom stereocenters. The average Bonchev–Trinajstić information content (AvgIpc) is 2.78. The van der Waals surface area contributed by atoms with E-state index in [0.717, 1.165) is 4.57 Å². The van der Waals surface area contributed by atoms with E-state index in [1.165, 1.54) is 17.8 Å². The minimum absolute atomic E-state index is 0.0411. The molecule has 1 aromatic heterocycles. The Morgan fingerprint density at radius 3 is 2.86 bits per heavy atom. The molecule has 1 aliphatic rings. The third-order valence-electron chi connectivity index (χ3n) is 3.11. The molecule has 0 amide bonds. The van der Waals surface area contributed by atoms with Gasteiger partial charge < -0.3 is 20.7 Å². The lowest BCUT2D eigenvalue weighted by Crippen LogP contribution is -2.32. The first-order valence-electron chi connectivity index (χ1n) is 5.93. The summed E-state index contributed by atoms with van der Waals surface area (Å²) in [6.07, 6.45) is -0.841. The van der Waals surface area contributed by atoms with Crippen molar-refractivity contribution in [2.24, 2.45) is 0 Å². The molecule has 0 radical (unpaired) electrons. The summed E-state index contributed by atoms with van der Waals surface area (Å²) < 4.78 is 19.0. The van der Waals surface area contributed by atoms with Crippen LogP contribution in [0.1, 0.15) is 11.8 Å². The molecule has 1 saturated heterocycles. The second-order valence-corrected chi connectivity index (χ2v) is 4.57. The second-order valence-electron chi connectivity index (χ2n) is 4.32. The molecule has 2 rings (SSSR count). The van der Waals surface area contributed by atoms with E-state index in [4.69, 9.17) is 27.2 Å². The van der Waals surface area contributed by atoms with Crippen LogP contribution in [0.5, 0.6) is 0 Å². The van der Waals surface area contributed by atoms with Crippen molar-refractivity contribution in [2.75, 3.05) is 12.3 Å². The van der Waals surface area contributed by atoms with E-state index < -0.39 is 30.7 Å². The zero-order valence-corrected chi connectivity index (χ0v) is 11.4. The largest absolute Gasteiger partial charge is 0.393 e. The van der Waals surface area contributed by atoms with Gasteiger partial charge in [0.2, 0.25) is 0 Å². The molecule has 1 aromatic rings. The molecule has 21 heavy (non-hydrogen) atoms. The lowest BCUT2D eigenvalue weighted by atomic mass is 10.1. The Morgan fingerprint density at radius 1 is 1.62 bits per heavy atom. The molecule has 0 bridgehead atoms. The monoisotopic (exact) mass is 317 g/mol. The van der Waals surface area contributed by atoms with Crippen LogP contribution in [-0.4, -0.2) is 38.6 Å². The fourth-order valence-corrected chi connectivity index (χ4v) is 2.19. The average molecular weight is 318 g/mol. The molecular formula is C12H13ClFN3O4. The standard InChI is InChI=1S/C12H13ClFN3O4/c13-2-1-6-4-17(12(20)16-10(6)15)11-9(19)7(3-14)8(5-18)21-11/h1-4,8-9,11,18-19H,5H2,(H2,15,16,20). The number of hydrogen-bond acceptors (Lipinski definition) is 6. The fraction of sp³-hybridized carbons (Fsp3) is 0.333. The summed E-state index contributed by atoms with van der Waals surface area (Å²) in [5, 5.41) is 19.1. The third kappa shape index (κ3) is 2.84. The molecule has 0 aromatic carbocycles. The number of rotatable bonds is 3. The first-order chi connectivity index (χ1) is 10.0. The van der Waals surface area contributed by atoms with Gasteiger partial charge in [0.25, 0.3) is 0 Å². The molecule has 1 fully saturated rings. The van der Waals surface area contributed by atoms with E-state index in [-0.39, 0.29) is 17.7 Å². The van der Waals surface area contributed by atoms with Crippen molar-refractivity contribution in [1.29, 1.82) is 0 Å². The van der Waals surface area contributed by atoms with Gasteiger partial charge in [-0.15, -0.1) is 0 Å². The maximum absolute atomic E-state index is 12.8. The van der Waals surface area contributed by atoms with Gasteiger partial charge in [-0.3, -0.25) is 4.57 Å². The maximum atomic E-state index is 12.8. The second kappa shape index (κ2) is 6.35. The molecular weight excluding hydrogens is 305 g/mol. The quantitative estimate of drug-likeness (QED) is 0.731. The lowest BCUT2D eigenvalue weighted by molar-refractivity contribution is -0.0527. The number of ether oxygens (including phenoxy) is 1.